The second kappa shape index (κ2) is 14.0. The molecule has 0 heterocycles. The number of aliphatic carboxylic acids is 3. The normalized spacial score (nSPS) is 14.6. The van der Waals surface area contributed by atoms with Crippen LogP contribution < -0.4 is 21.7 Å². The van der Waals surface area contributed by atoms with Crippen molar-refractivity contribution in [2.75, 3.05) is 0 Å². The summed E-state index contributed by atoms with van der Waals surface area (Å²) in [4.78, 5) is 70.7. The summed E-state index contributed by atoms with van der Waals surface area (Å²) in [5.74, 6) is -6.98. The quantitative estimate of drug-likeness (QED) is 0.151. The van der Waals surface area contributed by atoms with Gasteiger partial charge in [-0.05, 0) is 24.7 Å². The monoisotopic (exact) mass is 474 g/mol. The van der Waals surface area contributed by atoms with Crippen molar-refractivity contribution < 1.29 is 44.1 Å². The highest BCUT2D eigenvalue weighted by molar-refractivity contribution is 5.94. The lowest BCUT2D eigenvalue weighted by molar-refractivity contribution is -0.144. The van der Waals surface area contributed by atoms with Crippen LogP contribution in [0.4, 0.5) is 0 Å². The summed E-state index contributed by atoms with van der Waals surface area (Å²) in [7, 11) is 0. The average Bonchev–Trinajstić information content (AvgIpc) is 2.69. The Morgan fingerprint density at radius 1 is 0.667 bits per heavy atom. The summed E-state index contributed by atoms with van der Waals surface area (Å²) in [6.45, 7) is 6.44. The minimum Gasteiger partial charge on any atom is -0.481 e. The first-order valence-corrected chi connectivity index (χ1v) is 10.5. The predicted octanol–water partition coefficient (Wildman–Crippen LogP) is -1.11. The molecule has 0 radical (unpaired) electrons. The van der Waals surface area contributed by atoms with Crippen molar-refractivity contribution >= 4 is 35.6 Å². The maximum absolute atomic E-state index is 12.8. The van der Waals surface area contributed by atoms with E-state index in [2.05, 4.69) is 16.0 Å². The molecule has 0 saturated heterocycles. The van der Waals surface area contributed by atoms with Crippen LogP contribution in [0.15, 0.2) is 0 Å². The number of carboxylic acids is 3. The Balaban J connectivity index is 5.46. The van der Waals surface area contributed by atoms with E-state index in [0.29, 0.717) is 0 Å². The summed E-state index contributed by atoms with van der Waals surface area (Å²) < 4.78 is 0. The van der Waals surface area contributed by atoms with E-state index in [4.69, 9.17) is 15.9 Å². The third-order valence-electron chi connectivity index (χ3n) is 4.76. The number of carbonyl (C=O) groups is 6. The number of nitrogens with two attached hydrogens (primary N) is 1. The Kier molecular flexibility index (Phi) is 12.7. The van der Waals surface area contributed by atoms with Crippen LogP contribution in [0.25, 0.3) is 0 Å². The molecular formula is C20H34N4O9. The highest BCUT2D eigenvalue weighted by atomic mass is 16.4. The zero-order chi connectivity index (χ0) is 25.9. The predicted molar refractivity (Wildman–Crippen MR) is 115 cm³/mol. The lowest BCUT2D eigenvalue weighted by Gasteiger charge is -2.27. The maximum atomic E-state index is 12.8. The van der Waals surface area contributed by atoms with Gasteiger partial charge in [-0.1, -0.05) is 27.7 Å². The number of rotatable bonds is 15. The van der Waals surface area contributed by atoms with Crippen LogP contribution >= 0.6 is 0 Å². The third kappa shape index (κ3) is 11.3. The van der Waals surface area contributed by atoms with Gasteiger partial charge in [0.1, 0.15) is 18.1 Å². The largest absolute Gasteiger partial charge is 0.481 e. The first kappa shape index (κ1) is 29.8. The molecule has 8 N–H and O–H groups in total. The standard InChI is InChI=1S/C20H34N4O9/c1-9(2)15(19(31)24-16(10(3)4)20(32)33)23-18(30)12(6-8-14(27)28)22-17(29)11(21)5-7-13(25)26/h9-12,15-16H,5-8,21H2,1-4H3,(H,22,29)(H,23,30)(H,24,31)(H,25,26)(H,27,28)(H,32,33). The molecule has 0 spiro atoms. The van der Waals surface area contributed by atoms with Crippen LogP contribution in [0.5, 0.6) is 0 Å². The van der Waals surface area contributed by atoms with Crippen molar-refractivity contribution in [3.63, 3.8) is 0 Å². The number of carboxylic acid groups (broad SMARTS) is 3. The second-order valence-electron chi connectivity index (χ2n) is 8.33. The van der Waals surface area contributed by atoms with Gasteiger partial charge >= 0.3 is 17.9 Å². The number of nitrogens with one attached hydrogen (secondary N) is 3. The van der Waals surface area contributed by atoms with Crippen molar-refractivity contribution in [1.29, 1.82) is 0 Å². The molecule has 0 fully saturated rings. The molecule has 0 bridgehead atoms. The first-order chi connectivity index (χ1) is 15.2. The fourth-order valence-electron chi connectivity index (χ4n) is 2.77. The van der Waals surface area contributed by atoms with E-state index < -0.39 is 78.1 Å². The minimum atomic E-state index is -1.36. The van der Waals surface area contributed by atoms with Crippen LogP contribution in [0.3, 0.4) is 0 Å². The molecule has 0 aliphatic carbocycles. The first-order valence-electron chi connectivity index (χ1n) is 10.5. The van der Waals surface area contributed by atoms with Gasteiger partial charge in [0, 0.05) is 12.8 Å². The Morgan fingerprint density at radius 2 is 1.12 bits per heavy atom. The molecule has 0 aliphatic heterocycles. The Hall–Kier alpha value is -3.22. The molecule has 0 rings (SSSR count). The molecule has 13 heteroatoms. The molecule has 0 aromatic carbocycles. The van der Waals surface area contributed by atoms with Crippen molar-refractivity contribution in [2.45, 2.75) is 77.5 Å². The van der Waals surface area contributed by atoms with E-state index in [-0.39, 0.29) is 19.3 Å². The fraction of sp³-hybridized carbons (Fsp3) is 0.700. The van der Waals surface area contributed by atoms with E-state index in [9.17, 15) is 33.9 Å². The molecular weight excluding hydrogens is 440 g/mol. The zero-order valence-corrected chi connectivity index (χ0v) is 19.2. The van der Waals surface area contributed by atoms with E-state index in [1.807, 2.05) is 0 Å². The Labute approximate surface area is 191 Å². The van der Waals surface area contributed by atoms with E-state index in [1.54, 1.807) is 27.7 Å². The highest BCUT2D eigenvalue weighted by Gasteiger charge is 2.33. The molecule has 0 aromatic heterocycles. The van der Waals surface area contributed by atoms with Gasteiger partial charge < -0.3 is 37.0 Å². The van der Waals surface area contributed by atoms with Crippen LogP contribution in [-0.2, 0) is 28.8 Å². The SMILES string of the molecule is CC(C)C(NC(=O)C(NC(=O)C(CCC(=O)O)NC(=O)C(N)CCC(=O)O)C(C)C)C(=O)O. The summed E-state index contributed by atoms with van der Waals surface area (Å²) in [5.41, 5.74) is 5.64. The lowest BCUT2D eigenvalue weighted by atomic mass is 9.99. The maximum Gasteiger partial charge on any atom is 0.326 e. The zero-order valence-electron chi connectivity index (χ0n) is 19.2. The summed E-state index contributed by atoms with van der Waals surface area (Å²) >= 11 is 0. The summed E-state index contributed by atoms with van der Waals surface area (Å²) in [6, 6.07) is -4.96. The van der Waals surface area contributed by atoms with Gasteiger partial charge in [-0.15, -0.1) is 0 Å². The number of hydrogen-bond acceptors (Lipinski definition) is 7. The van der Waals surface area contributed by atoms with Gasteiger partial charge in [0.25, 0.3) is 0 Å². The van der Waals surface area contributed by atoms with Crippen LogP contribution in [-0.4, -0.2) is 75.1 Å². The molecule has 3 amide bonds. The molecule has 0 saturated carbocycles. The molecule has 13 nitrogen and oxygen atoms in total. The van der Waals surface area contributed by atoms with E-state index in [1.165, 1.54) is 0 Å². The lowest BCUT2D eigenvalue weighted by Crippen LogP contribution is -2.59. The van der Waals surface area contributed by atoms with Crippen molar-refractivity contribution in [2.24, 2.45) is 17.6 Å². The van der Waals surface area contributed by atoms with Crippen LogP contribution in [0.1, 0.15) is 53.4 Å². The number of carbonyl (C=O) groups excluding carboxylic acids is 3. The van der Waals surface area contributed by atoms with Gasteiger partial charge in [0.15, 0.2) is 0 Å². The molecule has 0 aromatic rings. The van der Waals surface area contributed by atoms with E-state index >= 15 is 0 Å². The Morgan fingerprint density at radius 3 is 1.55 bits per heavy atom. The molecule has 4 unspecified atom stereocenters. The number of hydrogen-bond donors (Lipinski definition) is 7. The van der Waals surface area contributed by atoms with Gasteiger partial charge in [-0.3, -0.25) is 24.0 Å². The smallest absolute Gasteiger partial charge is 0.326 e. The average molecular weight is 475 g/mol. The van der Waals surface area contributed by atoms with Gasteiger partial charge in [-0.25, -0.2) is 4.79 Å². The molecule has 33 heavy (non-hydrogen) atoms. The molecule has 4 atom stereocenters. The topological polar surface area (TPSA) is 225 Å². The number of amides is 3. The summed E-state index contributed by atoms with van der Waals surface area (Å²) in [6.07, 6.45) is -1.36. The molecule has 0 aliphatic rings. The Bertz CT molecular complexity index is 739. The third-order valence-corrected chi connectivity index (χ3v) is 4.76. The van der Waals surface area contributed by atoms with Crippen LogP contribution in [0, 0.1) is 11.8 Å². The molecule has 188 valence electrons. The van der Waals surface area contributed by atoms with Gasteiger partial charge in [0.2, 0.25) is 17.7 Å². The summed E-state index contributed by atoms with van der Waals surface area (Å²) in [5, 5.41) is 34.0. The van der Waals surface area contributed by atoms with E-state index in [0.717, 1.165) is 0 Å². The fourth-order valence-corrected chi connectivity index (χ4v) is 2.77. The van der Waals surface area contributed by atoms with Gasteiger partial charge in [-0.2, -0.15) is 0 Å². The minimum absolute atomic E-state index is 0.197. The van der Waals surface area contributed by atoms with Crippen molar-refractivity contribution in [3.8, 4) is 0 Å². The van der Waals surface area contributed by atoms with Crippen molar-refractivity contribution in [1.82, 2.24) is 16.0 Å². The van der Waals surface area contributed by atoms with Crippen LogP contribution in [0.2, 0.25) is 0 Å². The van der Waals surface area contributed by atoms with Gasteiger partial charge in [0.05, 0.1) is 6.04 Å². The van der Waals surface area contributed by atoms with Crippen molar-refractivity contribution in [3.05, 3.63) is 0 Å². The highest BCUT2D eigenvalue weighted by Crippen LogP contribution is 2.08. The second-order valence-corrected chi connectivity index (χ2v) is 8.33.